The van der Waals surface area contributed by atoms with Crippen LogP contribution >= 0.6 is 0 Å². The maximum absolute atomic E-state index is 11.6. The van der Waals surface area contributed by atoms with Crippen LogP contribution in [0.3, 0.4) is 0 Å². The monoisotopic (exact) mass is 262 g/mol. The zero-order chi connectivity index (χ0) is 13.7. The van der Waals surface area contributed by atoms with Crippen molar-refractivity contribution in [3.63, 3.8) is 0 Å². The molecule has 0 aliphatic carbocycles. The topological polar surface area (TPSA) is 119 Å². The van der Waals surface area contributed by atoms with Crippen molar-refractivity contribution in [3.8, 4) is 0 Å². The van der Waals surface area contributed by atoms with Gasteiger partial charge < -0.3 is 30.3 Å². The van der Waals surface area contributed by atoms with Gasteiger partial charge in [-0.05, 0) is 0 Å². The number of carbonyl (C=O) groups excluding carboxylic acids is 1. The van der Waals surface area contributed by atoms with E-state index >= 15 is 0 Å². The molecule has 0 aromatic carbocycles. The third kappa shape index (κ3) is 4.13. The number of aliphatic hydroxyl groups is 2. The van der Waals surface area contributed by atoms with Gasteiger partial charge >= 0.3 is 12.0 Å². The summed E-state index contributed by atoms with van der Waals surface area (Å²) in [5.41, 5.74) is 0. The molecule has 0 aromatic heterocycles. The minimum Gasteiger partial charge on any atom is -0.481 e. The number of aliphatic hydroxyl groups excluding tert-OH is 2. The lowest BCUT2D eigenvalue weighted by Gasteiger charge is -2.19. The maximum atomic E-state index is 11.6. The molecule has 0 saturated carbocycles. The van der Waals surface area contributed by atoms with Crippen LogP contribution < -0.4 is 5.32 Å². The number of nitrogens with zero attached hydrogens (tertiary/aromatic N) is 1. The summed E-state index contributed by atoms with van der Waals surface area (Å²) in [7, 11) is 1.36. The second-order valence-corrected chi connectivity index (χ2v) is 4.18. The van der Waals surface area contributed by atoms with Crippen molar-refractivity contribution in [3.05, 3.63) is 0 Å². The maximum Gasteiger partial charge on any atom is 0.317 e. The van der Waals surface area contributed by atoms with Gasteiger partial charge in [-0.3, -0.25) is 4.79 Å². The molecule has 3 atom stereocenters. The fourth-order valence-corrected chi connectivity index (χ4v) is 1.68. The summed E-state index contributed by atoms with van der Waals surface area (Å²) in [6, 6.07) is -0.460. The molecular weight excluding hydrogens is 244 g/mol. The molecule has 1 saturated heterocycles. The van der Waals surface area contributed by atoms with Gasteiger partial charge in [0.1, 0.15) is 0 Å². The predicted octanol–water partition coefficient (Wildman–Crippen LogP) is -1.78. The van der Waals surface area contributed by atoms with Crippen LogP contribution in [0.5, 0.6) is 0 Å². The van der Waals surface area contributed by atoms with Crippen molar-refractivity contribution in [2.24, 2.45) is 0 Å². The van der Waals surface area contributed by atoms with E-state index in [1.807, 2.05) is 0 Å². The number of carbonyl (C=O) groups is 2. The minimum atomic E-state index is -1.01. The first-order valence-corrected chi connectivity index (χ1v) is 5.57. The van der Waals surface area contributed by atoms with Crippen molar-refractivity contribution in [2.75, 3.05) is 26.7 Å². The number of hydrogen-bond donors (Lipinski definition) is 4. The van der Waals surface area contributed by atoms with Crippen LogP contribution in [0, 0.1) is 0 Å². The first-order valence-electron chi connectivity index (χ1n) is 5.57. The van der Waals surface area contributed by atoms with Crippen molar-refractivity contribution in [2.45, 2.75) is 24.7 Å². The molecule has 0 spiro atoms. The molecular formula is C10H18N2O6. The third-order valence-electron chi connectivity index (χ3n) is 2.76. The molecule has 1 aliphatic rings. The lowest BCUT2D eigenvalue weighted by molar-refractivity contribution is -0.139. The van der Waals surface area contributed by atoms with Crippen LogP contribution in [-0.2, 0) is 9.53 Å². The van der Waals surface area contributed by atoms with Crippen LogP contribution in [0.1, 0.15) is 6.42 Å². The Hall–Kier alpha value is -1.38. The van der Waals surface area contributed by atoms with Crippen molar-refractivity contribution < 1.29 is 29.6 Å². The second kappa shape index (κ2) is 6.53. The lowest BCUT2D eigenvalue weighted by Crippen LogP contribution is -2.43. The molecule has 0 aromatic rings. The number of amides is 2. The molecule has 104 valence electrons. The van der Waals surface area contributed by atoms with Gasteiger partial charge in [0.05, 0.1) is 37.8 Å². The number of ether oxygens (including phenoxy) is 1. The van der Waals surface area contributed by atoms with Gasteiger partial charge in [0.2, 0.25) is 0 Å². The standard InChI is InChI=1S/C10H18N2O6/c1-18-6(2-9(15)16)3-11-10(17)12-4-7(13)8(14)5-12/h6-8,13-14H,2-5H2,1H3,(H,11,17)(H,15,16). The largest absolute Gasteiger partial charge is 0.481 e. The van der Waals surface area contributed by atoms with Gasteiger partial charge in [-0.15, -0.1) is 0 Å². The molecule has 8 nitrogen and oxygen atoms in total. The number of methoxy groups -OCH3 is 1. The molecule has 4 N–H and O–H groups in total. The second-order valence-electron chi connectivity index (χ2n) is 4.18. The highest BCUT2D eigenvalue weighted by molar-refractivity contribution is 5.75. The molecule has 1 aliphatic heterocycles. The average molecular weight is 262 g/mol. The first kappa shape index (κ1) is 14.7. The van der Waals surface area contributed by atoms with E-state index in [4.69, 9.17) is 9.84 Å². The Bertz CT molecular complexity index is 301. The van der Waals surface area contributed by atoms with Crippen molar-refractivity contribution in [1.82, 2.24) is 10.2 Å². The van der Waals surface area contributed by atoms with E-state index in [2.05, 4.69) is 5.32 Å². The van der Waals surface area contributed by atoms with E-state index in [0.717, 1.165) is 0 Å². The number of nitrogens with one attached hydrogen (secondary N) is 1. The van der Waals surface area contributed by atoms with Crippen LogP contribution in [-0.4, -0.2) is 77.3 Å². The van der Waals surface area contributed by atoms with Gasteiger partial charge in [-0.2, -0.15) is 0 Å². The van der Waals surface area contributed by atoms with E-state index in [9.17, 15) is 19.8 Å². The number of hydrogen-bond acceptors (Lipinski definition) is 5. The van der Waals surface area contributed by atoms with E-state index in [0.29, 0.717) is 0 Å². The molecule has 1 heterocycles. The van der Waals surface area contributed by atoms with E-state index in [1.54, 1.807) is 0 Å². The Balaban J connectivity index is 2.34. The van der Waals surface area contributed by atoms with Crippen molar-refractivity contribution >= 4 is 12.0 Å². The summed E-state index contributed by atoms with van der Waals surface area (Å²) in [4.78, 5) is 23.4. The number of carboxylic acid groups (broad SMARTS) is 1. The Morgan fingerprint density at radius 2 is 1.94 bits per heavy atom. The third-order valence-corrected chi connectivity index (χ3v) is 2.76. The summed E-state index contributed by atoms with van der Waals surface area (Å²) < 4.78 is 4.90. The van der Waals surface area contributed by atoms with E-state index < -0.39 is 30.3 Å². The number of β-amino-alcohol motifs (C(OH)–C–C–N with tert-alkyl or cyclic N) is 2. The molecule has 3 unspecified atom stereocenters. The summed E-state index contributed by atoms with van der Waals surface area (Å²) in [6.07, 6.45) is -2.69. The Labute approximate surface area is 104 Å². The summed E-state index contributed by atoms with van der Waals surface area (Å²) in [5.74, 6) is -1.01. The van der Waals surface area contributed by atoms with E-state index in [-0.39, 0.29) is 26.1 Å². The highest BCUT2D eigenvalue weighted by atomic mass is 16.5. The molecule has 2 amide bonds. The van der Waals surface area contributed by atoms with Gasteiger partial charge in [-0.1, -0.05) is 0 Å². The zero-order valence-electron chi connectivity index (χ0n) is 10.1. The van der Waals surface area contributed by atoms with Gasteiger partial charge in [0.15, 0.2) is 0 Å². The molecule has 0 radical (unpaired) electrons. The first-order chi connectivity index (χ1) is 8.43. The number of aliphatic carboxylic acids is 1. The summed E-state index contributed by atoms with van der Waals surface area (Å²) >= 11 is 0. The highest BCUT2D eigenvalue weighted by Crippen LogP contribution is 2.09. The molecule has 18 heavy (non-hydrogen) atoms. The zero-order valence-corrected chi connectivity index (χ0v) is 10.1. The fraction of sp³-hybridized carbons (Fsp3) is 0.800. The highest BCUT2D eigenvalue weighted by Gasteiger charge is 2.32. The number of rotatable bonds is 5. The SMILES string of the molecule is COC(CNC(=O)N1CC(O)C(O)C1)CC(=O)O. The minimum absolute atomic E-state index is 0.0591. The summed E-state index contributed by atoms with van der Waals surface area (Å²) in [5, 5.41) is 29.7. The molecule has 1 fully saturated rings. The summed E-state index contributed by atoms with van der Waals surface area (Å²) in [6.45, 7) is 0.178. The van der Waals surface area contributed by atoms with Gasteiger partial charge in [0.25, 0.3) is 0 Å². The molecule has 8 heteroatoms. The van der Waals surface area contributed by atoms with Gasteiger partial charge in [0, 0.05) is 13.7 Å². The van der Waals surface area contributed by atoms with Crippen LogP contribution in [0.15, 0.2) is 0 Å². The van der Waals surface area contributed by atoms with Crippen LogP contribution in [0.4, 0.5) is 4.79 Å². The van der Waals surface area contributed by atoms with Gasteiger partial charge in [-0.25, -0.2) is 4.79 Å². The normalized spacial score (nSPS) is 24.9. The van der Waals surface area contributed by atoms with Crippen LogP contribution in [0.2, 0.25) is 0 Å². The van der Waals surface area contributed by atoms with E-state index in [1.165, 1.54) is 12.0 Å². The Morgan fingerprint density at radius 3 is 2.39 bits per heavy atom. The number of carboxylic acids is 1. The number of urea groups is 1. The molecule has 0 bridgehead atoms. The Kier molecular flexibility index (Phi) is 5.32. The average Bonchev–Trinajstić information content (AvgIpc) is 2.64. The Morgan fingerprint density at radius 1 is 1.39 bits per heavy atom. The lowest BCUT2D eigenvalue weighted by atomic mass is 10.2. The predicted molar refractivity (Wildman–Crippen MR) is 60.0 cm³/mol. The fourth-order valence-electron chi connectivity index (χ4n) is 1.68. The van der Waals surface area contributed by atoms with Crippen LogP contribution in [0.25, 0.3) is 0 Å². The van der Waals surface area contributed by atoms with Crippen molar-refractivity contribution in [1.29, 1.82) is 0 Å². The quantitative estimate of drug-likeness (QED) is 0.465. The number of likely N-dealkylation sites (tertiary alicyclic amines) is 1. The molecule has 1 rings (SSSR count). The smallest absolute Gasteiger partial charge is 0.317 e.